The summed E-state index contributed by atoms with van der Waals surface area (Å²) in [6, 6.07) is 0. The molecule has 0 saturated carbocycles. The van der Waals surface area contributed by atoms with Gasteiger partial charge < -0.3 is 14.9 Å². The predicted octanol–water partition coefficient (Wildman–Crippen LogP) is 1.35. The first kappa shape index (κ1) is 8.27. The molecule has 0 bridgehead atoms. The van der Waals surface area contributed by atoms with Crippen LogP contribution < -0.4 is 0 Å². The number of hydrogen-bond acceptors (Lipinski definition) is 3. The average molecular weight is 155 g/mol. The molecular formula is C8H13NO2. The van der Waals surface area contributed by atoms with Gasteiger partial charge in [0.1, 0.15) is 5.76 Å². The zero-order valence-corrected chi connectivity index (χ0v) is 6.89. The molecule has 62 valence electrons. The van der Waals surface area contributed by atoms with Crippen LogP contribution in [0.2, 0.25) is 0 Å². The molecule has 0 fully saturated rings. The molecule has 1 aliphatic rings. The largest absolute Gasteiger partial charge is 0.495 e. The Morgan fingerprint density at radius 2 is 2.27 bits per heavy atom. The van der Waals surface area contributed by atoms with Crippen molar-refractivity contribution in [2.75, 3.05) is 14.2 Å². The molecule has 0 saturated heterocycles. The zero-order chi connectivity index (χ0) is 8.27. The van der Waals surface area contributed by atoms with E-state index in [4.69, 9.17) is 14.9 Å². The maximum absolute atomic E-state index is 7.46. The molecule has 0 spiro atoms. The lowest BCUT2D eigenvalue weighted by Gasteiger charge is -2.19. The van der Waals surface area contributed by atoms with Crippen molar-refractivity contribution in [2.24, 2.45) is 0 Å². The third kappa shape index (κ3) is 1.80. The second-order valence-electron chi connectivity index (χ2n) is 2.53. The number of ether oxygens (including phenoxy) is 2. The molecule has 0 aromatic heterocycles. The maximum atomic E-state index is 7.46. The first-order valence-electron chi connectivity index (χ1n) is 3.64. The summed E-state index contributed by atoms with van der Waals surface area (Å²) in [5.41, 5.74) is 0.570. The fourth-order valence-electron chi connectivity index (χ4n) is 1.14. The second kappa shape index (κ2) is 3.53. The lowest BCUT2D eigenvalue weighted by atomic mass is 10.0. The minimum Gasteiger partial charge on any atom is -0.495 e. The number of nitrogens with one attached hydrogen (secondary N) is 1. The number of methoxy groups -OCH3 is 2. The fourth-order valence-corrected chi connectivity index (χ4v) is 1.14. The highest BCUT2D eigenvalue weighted by Gasteiger charge is 2.17. The molecule has 0 amide bonds. The minimum absolute atomic E-state index is 0.124. The van der Waals surface area contributed by atoms with Gasteiger partial charge in [-0.3, -0.25) is 0 Å². The summed E-state index contributed by atoms with van der Waals surface area (Å²) in [5, 5.41) is 7.46. The van der Waals surface area contributed by atoms with Gasteiger partial charge in [0, 0.05) is 7.11 Å². The quantitative estimate of drug-likeness (QED) is 0.654. The molecule has 3 heteroatoms. The highest BCUT2D eigenvalue weighted by Crippen LogP contribution is 2.16. The molecule has 1 aliphatic carbocycles. The Labute approximate surface area is 66.5 Å². The molecule has 3 nitrogen and oxygen atoms in total. The molecule has 11 heavy (non-hydrogen) atoms. The van der Waals surface area contributed by atoms with E-state index in [2.05, 4.69) is 0 Å². The van der Waals surface area contributed by atoms with E-state index in [1.807, 2.05) is 6.08 Å². The first-order valence-corrected chi connectivity index (χ1v) is 3.64. The Hall–Kier alpha value is -0.830. The van der Waals surface area contributed by atoms with Crippen LogP contribution >= 0.6 is 0 Å². The van der Waals surface area contributed by atoms with Crippen molar-refractivity contribution in [3.05, 3.63) is 11.8 Å². The van der Waals surface area contributed by atoms with Gasteiger partial charge in [0.2, 0.25) is 0 Å². The van der Waals surface area contributed by atoms with Gasteiger partial charge >= 0.3 is 0 Å². The van der Waals surface area contributed by atoms with Gasteiger partial charge in [-0.1, -0.05) is 0 Å². The van der Waals surface area contributed by atoms with Crippen molar-refractivity contribution in [3.63, 3.8) is 0 Å². The van der Waals surface area contributed by atoms with Gasteiger partial charge in [-0.05, 0) is 18.9 Å². The summed E-state index contributed by atoms with van der Waals surface area (Å²) in [4.78, 5) is 0. The van der Waals surface area contributed by atoms with Crippen molar-refractivity contribution >= 4 is 5.71 Å². The Morgan fingerprint density at radius 1 is 1.55 bits per heavy atom. The van der Waals surface area contributed by atoms with Crippen LogP contribution in [0.3, 0.4) is 0 Å². The Balaban J connectivity index is 2.68. The SMILES string of the molecule is COC1=CC(OC)CCC1=N. The van der Waals surface area contributed by atoms with E-state index in [0.29, 0.717) is 11.5 Å². The zero-order valence-electron chi connectivity index (χ0n) is 6.89. The topological polar surface area (TPSA) is 42.3 Å². The molecule has 0 radical (unpaired) electrons. The van der Waals surface area contributed by atoms with E-state index in [9.17, 15) is 0 Å². The van der Waals surface area contributed by atoms with Gasteiger partial charge in [-0.15, -0.1) is 0 Å². The van der Waals surface area contributed by atoms with Crippen LogP contribution in [0.15, 0.2) is 11.8 Å². The van der Waals surface area contributed by atoms with Gasteiger partial charge in [-0.2, -0.15) is 0 Å². The van der Waals surface area contributed by atoms with E-state index in [-0.39, 0.29) is 6.10 Å². The summed E-state index contributed by atoms with van der Waals surface area (Å²) < 4.78 is 10.1. The molecule has 0 aromatic rings. The van der Waals surface area contributed by atoms with Crippen molar-refractivity contribution in [2.45, 2.75) is 18.9 Å². The van der Waals surface area contributed by atoms with Crippen LogP contribution in [-0.4, -0.2) is 26.0 Å². The molecule has 1 atom stereocenters. The highest BCUT2D eigenvalue weighted by molar-refractivity contribution is 5.96. The van der Waals surface area contributed by atoms with E-state index in [0.717, 1.165) is 12.8 Å². The van der Waals surface area contributed by atoms with Gasteiger partial charge in [0.25, 0.3) is 0 Å². The summed E-state index contributed by atoms with van der Waals surface area (Å²) >= 11 is 0. The van der Waals surface area contributed by atoms with E-state index in [1.165, 1.54) is 0 Å². The van der Waals surface area contributed by atoms with Crippen LogP contribution in [0, 0.1) is 5.41 Å². The molecule has 0 heterocycles. The van der Waals surface area contributed by atoms with Crippen LogP contribution in [0.4, 0.5) is 0 Å². The van der Waals surface area contributed by atoms with Crippen LogP contribution in [0.1, 0.15) is 12.8 Å². The van der Waals surface area contributed by atoms with Crippen LogP contribution in [0.25, 0.3) is 0 Å². The smallest absolute Gasteiger partial charge is 0.138 e. The third-order valence-corrected chi connectivity index (χ3v) is 1.84. The fraction of sp³-hybridized carbons (Fsp3) is 0.625. The lowest BCUT2D eigenvalue weighted by molar-refractivity contribution is 0.128. The van der Waals surface area contributed by atoms with Crippen molar-refractivity contribution in [3.8, 4) is 0 Å². The van der Waals surface area contributed by atoms with Gasteiger partial charge in [0.15, 0.2) is 0 Å². The summed E-state index contributed by atoms with van der Waals surface area (Å²) in [6.45, 7) is 0. The van der Waals surface area contributed by atoms with Crippen LogP contribution in [-0.2, 0) is 9.47 Å². The van der Waals surface area contributed by atoms with Crippen LogP contribution in [0.5, 0.6) is 0 Å². The summed E-state index contributed by atoms with van der Waals surface area (Å²) in [7, 11) is 3.25. The predicted molar refractivity (Wildman–Crippen MR) is 42.8 cm³/mol. The van der Waals surface area contributed by atoms with E-state index in [1.54, 1.807) is 14.2 Å². The minimum atomic E-state index is 0.124. The van der Waals surface area contributed by atoms with Crippen molar-refractivity contribution in [1.29, 1.82) is 5.41 Å². The first-order chi connectivity index (χ1) is 5.27. The Kier molecular flexibility index (Phi) is 2.65. The Bertz CT molecular complexity index is 187. The number of allylic oxidation sites excluding steroid dienone is 1. The maximum Gasteiger partial charge on any atom is 0.138 e. The van der Waals surface area contributed by atoms with Crippen molar-refractivity contribution < 1.29 is 9.47 Å². The molecule has 1 unspecified atom stereocenters. The van der Waals surface area contributed by atoms with E-state index < -0.39 is 0 Å². The summed E-state index contributed by atoms with van der Waals surface area (Å²) in [6.07, 6.45) is 3.62. The standard InChI is InChI=1S/C8H13NO2/c1-10-6-3-4-7(9)8(5-6)11-2/h5-6,9H,3-4H2,1-2H3. The van der Waals surface area contributed by atoms with Gasteiger partial charge in [0.05, 0.1) is 18.9 Å². The van der Waals surface area contributed by atoms with Crippen molar-refractivity contribution in [1.82, 2.24) is 0 Å². The number of rotatable bonds is 2. The normalized spacial score (nSPS) is 24.7. The molecule has 1 N–H and O–H groups in total. The molecule has 0 aliphatic heterocycles. The number of hydrogen-bond donors (Lipinski definition) is 1. The monoisotopic (exact) mass is 155 g/mol. The Morgan fingerprint density at radius 3 is 2.82 bits per heavy atom. The second-order valence-corrected chi connectivity index (χ2v) is 2.53. The average Bonchev–Trinajstić information content (AvgIpc) is 2.05. The molecule has 0 aromatic carbocycles. The third-order valence-electron chi connectivity index (χ3n) is 1.84. The van der Waals surface area contributed by atoms with E-state index >= 15 is 0 Å². The molecular weight excluding hydrogens is 142 g/mol. The lowest BCUT2D eigenvalue weighted by Crippen LogP contribution is -2.19. The molecule has 1 rings (SSSR count). The van der Waals surface area contributed by atoms with Gasteiger partial charge in [-0.25, -0.2) is 0 Å². The highest BCUT2D eigenvalue weighted by atomic mass is 16.5. The summed E-state index contributed by atoms with van der Waals surface area (Å²) in [5.74, 6) is 0.656.